The smallest absolute Gasteiger partial charge is 0.137 e. The van der Waals surface area contributed by atoms with Crippen molar-refractivity contribution < 1.29 is 9.13 Å². The van der Waals surface area contributed by atoms with Gasteiger partial charge in [0.25, 0.3) is 0 Å². The van der Waals surface area contributed by atoms with Crippen LogP contribution in [0.2, 0.25) is 0 Å². The zero-order valence-corrected chi connectivity index (χ0v) is 13.0. The van der Waals surface area contributed by atoms with E-state index in [1.807, 2.05) is 13.1 Å². The number of halogens is 2. The maximum atomic E-state index is 13.5. The number of nitrogens with one attached hydrogen (secondary N) is 1. The van der Waals surface area contributed by atoms with Gasteiger partial charge in [0.05, 0.1) is 10.1 Å². The minimum Gasteiger partial charge on any atom is -0.379 e. The fourth-order valence-electron chi connectivity index (χ4n) is 1.84. The van der Waals surface area contributed by atoms with Crippen LogP contribution in [0.15, 0.2) is 22.7 Å². The molecule has 1 rings (SSSR count). The molecular weight excluding hydrogens is 297 g/mol. The van der Waals surface area contributed by atoms with Crippen molar-refractivity contribution in [3.05, 3.63) is 34.1 Å². The monoisotopic (exact) mass is 317 g/mol. The van der Waals surface area contributed by atoms with Crippen molar-refractivity contribution in [2.24, 2.45) is 0 Å². The Balaban J connectivity index is 2.81. The molecule has 1 N–H and O–H groups in total. The Morgan fingerprint density at radius 1 is 1.44 bits per heavy atom. The maximum Gasteiger partial charge on any atom is 0.137 e. The van der Waals surface area contributed by atoms with Gasteiger partial charge >= 0.3 is 0 Å². The van der Waals surface area contributed by atoms with Crippen molar-refractivity contribution in [1.29, 1.82) is 0 Å². The summed E-state index contributed by atoms with van der Waals surface area (Å²) in [5.41, 5.74) is 0.791. The van der Waals surface area contributed by atoms with E-state index in [0.717, 1.165) is 18.4 Å². The molecule has 18 heavy (non-hydrogen) atoms. The molecule has 0 heterocycles. The molecule has 0 aliphatic heterocycles. The lowest BCUT2D eigenvalue weighted by molar-refractivity contribution is 0.0118. The predicted molar refractivity (Wildman–Crippen MR) is 76.2 cm³/mol. The molecule has 0 spiro atoms. The van der Waals surface area contributed by atoms with Crippen LogP contribution < -0.4 is 5.32 Å². The SMILES string of the molecule is CNC(CCC(C)(C)OC)c1cccc(F)c1Br. The molecule has 0 saturated carbocycles. The quantitative estimate of drug-likeness (QED) is 0.854. The molecule has 0 aromatic heterocycles. The number of rotatable bonds is 6. The minimum atomic E-state index is -0.223. The summed E-state index contributed by atoms with van der Waals surface area (Å²) in [6.45, 7) is 4.11. The third-order valence-electron chi connectivity index (χ3n) is 3.29. The molecule has 102 valence electrons. The molecule has 4 heteroatoms. The maximum absolute atomic E-state index is 13.5. The van der Waals surface area contributed by atoms with Crippen LogP contribution in [0.1, 0.15) is 38.3 Å². The molecule has 0 saturated heterocycles. The normalized spacial score (nSPS) is 13.7. The molecule has 0 bridgehead atoms. The Bertz CT molecular complexity index is 395. The van der Waals surface area contributed by atoms with E-state index in [1.54, 1.807) is 13.2 Å². The first-order valence-corrected chi connectivity index (χ1v) is 6.87. The lowest BCUT2D eigenvalue weighted by Gasteiger charge is -2.26. The van der Waals surface area contributed by atoms with Gasteiger partial charge in [-0.25, -0.2) is 4.39 Å². The van der Waals surface area contributed by atoms with E-state index >= 15 is 0 Å². The summed E-state index contributed by atoms with van der Waals surface area (Å²) in [5.74, 6) is -0.223. The minimum absolute atomic E-state index is 0.115. The van der Waals surface area contributed by atoms with Crippen LogP contribution in [0.5, 0.6) is 0 Å². The first-order valence-electron chi connectivity index (χ1n) is 6.07. The fourth-order valence-corrected chi connectivity index (χ4v) is 2.38. The molecule has 0 aliphatic rings. The van der Waals surface area contributed by atoms with Crippen LogP contribution in [0.4, 0.5) is 4.39 Å². The highest BCUT2D eigenvalue weighted by Gasteiger charge is 2.21. The third-order valence-corrected chi connectivity index (χ3v) is 4.13. The molecule has 2 nitrogen and oxygen atoms in total. The average Bonchev–Trinajstić information content (AvgIpc) is 2.35. The third kappa shape index (κ3) is 4.04. The summed E-state index contributed by atoms with van der Waals surface area (Å²) < 4.78 is 19.5. The highest BCUT2D eigenvalue weighted by Crippen LogP contribution is 2.30. The van der Waals surface area contributed by atoms with Crippen molar-refractivity contribution in [2.45, 2.75) is 38.3 Å². The number of ether oxygens (including phenoxy) is 1. The van der Waals surface area contributed by atoms with E-state index in [2.05, 4.69) is 35.1 Å². The Morgan fingerprint density at radius 2 is 2.11 bits per heavy atom. The molecule has 1 aromatic carbocycles. The van der Waals surface area contributed by atoms with Gasteiger partial charge in [-0.3, -0.25) is 0 Å². The van der Waals surface area contributed by atoms with E-state index in [-0.39, 0.29) is 17.5 Å². The summed E-state index contributed by atoms with van der Waals surface area (Å²) in [5, 5.41) is 3.23. The van der Waals surface area contributed by atoms with E-state index in [9.17, 15) is 4.39 Å². The molecule has 0 amide bonds. The van der Waals surface area contributed by atoms with E-state index in [1.165, 1.54) is 6.07 Å². The highest BCUT2D eigenvalue weighted by molar-refractivity contribution is 9.10. The molecule has 0 fully saturated rings. The first-order chi connectivity index (χ1) is 8.41. The first kappa shape index (κ1) is 15.6. The number of benzene rings is 1. The lowest BCUT2D eigenvalue weighted by Crippen LogP contribution is -2.26. The fraction of sp³-hybridized carbons (Fsp3) is 0.571. The summed E-state index contributed by atoms with van der Waals surface area (Å²) >= 11 is 3.31. The van der Waals surface area contributed by atoms with Gasteiger partial charge in [0, 0.05) is 13.2 Å². The average molecular weight is 318 g/mol. The van der Waals surface area contributed by atoms with Crippen molar-refractivity contribution in [1.82, 2.24) is 5.32 Å². The summed E-state index contributed by atoms with van der Waals surface area (Å²) in [6, 6.07) is 5.25. The van der Waals surface area contributed by atoms with Gasteiger partial charge in [0.1, 0.15) is 5.82 Å². The van der Waals surface area contributed by atoms with Gasteiger partial charge in [0.2, 0.25) is 0 Å². The van der Waals surface area contributed by atoms with Gasteiger partial charge in [-0.05, 0) is 61.3 Å². The second-order valence-electron chi connectivity index (χ2n) is 4.99. The Kier molecular flexibility index (Phi) is 5.76. The number of hydrogen-bond acceptors (Lipinski definition) is 2. The zero-order valence-electron chi connectivity index (χ0n) is 11.4. The van der Waals surface area contributed by atoms with Gasteiger partial charge in [0.15, 0.2) is 0 Å². The van der Waals surface area contributed by atoms with Crippen LogP contribution in [-0.4, -0.2) is 19.8 Å². The second-order valence-corrected chi connectivity index (χ2v) is 5.78. The van der Waals surface area contributed by atoms with E-state index < -0.39 is 0 Å². The molecule has 1 unspecified atom stereocenters. The van der Waals surface area contributed by atoms with E-state index in [0.29, 0.717) is 4.47 Å². The summed E-state index contributed by atoms with van der Waals surface area (Å²) in [4.78, 5) is 0. The zero-order chi connectivity index (χ0) is 13.8. The van der Waals surface area contributed by atoms with Crippen molar-refractivity contribution in [3.8, 4) is 0 Å². The lowest BCUT2D eigenvalue weighted by atomic mass is 9.95. The van der Waals surface area contributed by atoms with Crippen LogP contribution in [0.3, 0.4) is 0 Å². The van der Waals surface area contributed by atoms with Gasteiger partial charge in [-0.15, -0.1) is 0 Å². The molecule has 1 aromatic rings. The standard InChI is InChI=1S/C14H21BrFNO/c1-14(2,18-4)9-8-12(17-3)10-6-5-7-11(16)13(10)15/h5-7,12,17H,8-9H2,1-4H3. The topological polar surface area (TPSA) is 21.3 Å². The number of hydrogen-bond donors (Lipinski definition) is 1. The van der Waals surface area contributed by atoms with Crippen LogP contribution in [0, 0.1) is 5.82 Å². The Morgan fingerprint density at radius 3 is 2.67 bits per heavy atom. The Hall–Kier alpha value is -0.450. The molecule has 0 aliphatic carbocycles. The number of methoxy groups -OCH3 is 1. The van der Waals surface area contributed by atoms with Gasteiger partial charge in [-0.2, -0.15) is 0 Å². The highest BCUT2D eigenvalue weighted by atomic mass is 79.9. The van der Waals surface area contributed by atoms with Crippen molar-refractivity contribution in [3.63, 3.8) is 0 Å². The summed E-state index contributed by atoms with van der Waals surface area (Å²) in [6.07, 6.45) is 1.79. The Labute approximate surface area is 117 Å². The summed E-state index contributed by atoms with van der Waals surface area (Å²) in [7, 11) is 3.61. The van der Waals surface area contributed by atoms with E-state index in [4.69, 9.17) is 4.74 Å². The molecular formula is C14H21BrFNO. The van der Waals surface area contributed by atoms with Crippen molar-refractivity contribution >= 4 is 15.9 Å². The second kappa shape index (κ2) is 6.64. The van der Waals surface area contributed by atoms with Gasteiger partial charge in [-0.1, -0.05) is 12.1 Å². The van der Waals surface area contributed by atoms with Crippen molar-refractivity contribution in [2.75, 3.05) is 14.2 Å². The predicted octanol–water partition coefficient (Wildman–Crippen LogP) is 4.05. The molecule has 0 radical (unpaired) electrons. The van der Waals surface area contributed by atoms with Gasteiger partial charge < -0.3 is 10.1 Å². The molecule has 1 atom stereocenters. The van der Waals surface area contributed by atoms with Crippen LogP contribution in [0.25, 0.3) is 0 Å². The van der Waals surface area contributed by atoms with Crippen LogP contribution in [-0.2, 0) is 4.74 Å². The largest absolute Gasteiger partial charge is 0.379 e. The van der Waals surface area contributed by atoms with Crippen LogP contribution >= 0.6 is 15.9 Å².